The molecule has 1 aromatic heterocycles. The van der Waals surface area contributed by atoms with E-state index in [-0.39, 0.29) is 5.91 Å². The summed E-state index contributed by atoms with van der Waals surface area (Å²) in [6.07, 6.45) is -0.720. The highest BCUT2D eigenvalue weighted by Gasteiger charge is 2.20. The SMILES string of the molecule is Cc1cscc1C(O)c1ccc2c(c1)C(=O)NCCO2. The average Bonchev–Trinajstić information content (AvgIpc) is 2.79. The lowest BCUT2D eigenvalue weighted by Gasteiger charge is -2.13. The van der Waals surface area contributed by atoms with Crippen LogP contribution in [0.3, 0.4) is 0 Å². The van der Waals surface area contributed by atoms with Gasteiger partial charge in [-0.2, -0.15) is 11.3 Å². The molecule has 1 aromatic carbocycles. The quantitative estimate of drug-likeness (QED) is 0.891. The van der Waals surface area contributed by atoms with Gasteiger partial charge in [0.15, 0.2) is 0 Å². The monoisotopic (exact) mass is 289 g/mol. The number of ether oxygens (including phenoxy) is 1. The number of benzene rings is 1. The zero-order valence-corrected chi connectivity index (χ0v) is 11.9. The molecule has 0 fully saturated rings. The summed E-state index contributed by atoms with van der Waals surface area (Å²) in [5.41, 5.74) is 3.11. The third-order valence-corrected chi connectivity index (χ3v) is 4.28. The number of nitrogens with one attached hydrogen (secondary N) is 1. The van der Waals surface area contributed by atoms with Crippen molar-refractivity contribution in [2.45, 2.75) is 13.0 Å². The Morgan fingerprint density at radius 1 is 1.40 bits per heavy atom. The lowest BCUT2D eigenvalue weighted by atomic mass is 9.99. The normalized spacial score (nSPS) is 15.8. The van der Waals surface area contributed by atoms with Crippen molar-refractivity contribution >= 4 is 17.2 Å². The van der Waals surface area contributed by atoms with Gasteiger partial charge in [0.25, 0.3) is 5.91 Å². The van der Waals surface area contributed by atoms with Gasteiger partial charge < -0.3 is 15.2 Å². The van der Waals surface area contributed by atoms with Gasteiger partial charge in [-0.1, -0.05) is 6.07 Å². The molecule has 1 atom stereocenters. The van der Waals surface area contributed by atoms with Gasteiger partial charge in [-0.15, -0.1) is 0 Å². The molecule has 2 heterocycles. The number of fused-ring (bicyclic) bond motifs is 1. The molecular weight excluding hydrogens is 274 g/mol. The van der Waals surface area contributed by atoms with Crippen LogP contribution in [-0.4, -0.2) is 24.2 Å². The van der Waals surface area contributed by atoms with E-state index in [0.717, 1.165) is 11.1 Å². The first kappa shape index (κ1) is 13.1. The number of carbonyl (C=O) groups is 1. The molecule has 4 nitrogen and oxygen atoms in total. The van der Waals surface area contributed by atoms with Crippen molar-refractivity contribution in [2.75, 3.05) is 13.2 Å². The molecule has 104 valence electrons. The second kappa shape index (κ2) is 5.26. The number of amides is 1. The van der Waals surface area contributed by atoms with Crippen LogP contribution in [0.4, 0.5) is 0 Å². The van der Waals surface area contributed by atoms with E-state index in [2.05, 4.69) is 5.32 Å². The van der Waals surface area contributed by atoms with E-state index < -0.39 is 6.10 Å². The molecule has 3 rings (SSSR count). The molecule has 0 bridgehead atoms. The molecule has 1 aliphatic heterocycles. The number of aliphatic hydroxyl groups excluding tert-OH is 1. The third kappa shape index (κ3) is 2.30. The molecule has 2 aromatic rings. The summed E-state index contributed by atoms with van der Waals surface area (Å²) in [5, 5.41) is 17.2. The zero-order valence-electron chi connectivity index (χ0n) is 11.1. The van der Waals surface area contributed by atoms with Crippen LogP contribution in [-0.2, 0) is 0 Å². The standard InChI is InChI=1S/C15H15NO3S/c1-9-7-20-8-12(9)14(17)10-2-3-13-11(6-10)15(18)16-4-5-19-13/h2-3,6-8,14,17H,4-5H2,1H3,(H,16,18). The molecule has 0 aliphatic carbocycles. The Morgan fingerprint density at radius 2 is 2.25 bits per heavy atom. The molecule has 0 saturated carbocycles. The van der Waals surface area contributed by atoms with Gasteiger partial charge in [0, 0.05) is 0 Å². The Kier molecular flexibility index (Phi) is 3.46. The van der Waals surface area contributed by atoms with Crippen molar-refractivity contribution in [1.82, 2.24) is 5.32 Å². The highest BCUT2D eigenvalue weighted by Crippen LogP contribution is 2.30. The fourth-order valence-corrected chi connectivity index (χ4v) is 3.14. The summed E-state index contributed by atoms with van der Waals surface area (Å²) in [6.45, 7) is 2.92. The maximum Gasteiger partial charge on any atom is 0.255 e. The van der Waals surface area contributed by atoms with Crippen LogP contribution in [0.15, 0.2) is 29.0 Å². The van der Waals surface area contributed by atoms with Crippen molar-refractivity contribution in [3.8, 4) is 5.75 Å². The van der Waals surface area contributed by atoms with Gasteiger partial charge in [-0.3, -0.25) is 4.79 Å². The Hall–Kier alpha value is -1.85. The number of thiophene rings is 1. The van der Waals surface area contributed by atoms with Crippen molar-refractivity contribution in [3.63, 3.8) is 0 Å². The second-order valence-electron chi connectivity index (χ2n) is 4.77. The molecule has 2 N–H and O–H groups in total. The zero-order chi connectivity index (χ0) is 14.1. The van der Waals surface area contributed by atoms with Crippen LogP contribution in [0.5, 0.6) is 5.75 Å². The summed E-state index contributed by atoms with van der Waals surface area (Å²) >= 11 is 1.56. The highest BCUT2D eigenvalue weighted by atomic mass is 32.1. The number of aryl methyl sites for hydroxylation is 1. The second-order valence-corrected chi connectivity index (χ2v) is 5.52. The van der Waals surface area contributed by atoms with Gasteiger partial charge in [0.1, 0.15) is 18.5 Å². The van der Waals surface area contributed by atoms with E-state index in [1.165, 1.54) is 0 Å². The largest absolute Gasteiger partial charge is 0.491 e. The number of hydrogen-bond acceptors (Lipinski definition) is 4. The first-order valence-corrected chi connectivity index (χ1v) is 7.37. The Balaban J connectivity index is 2.00. The van der Waals surface area contributed by atoms with Gasteiger partial charge >= 0.3 is 0 Å². The summed E-state index contributed by atoms with van der Waals surface area (Å²) < 4.78 is 5.51. The van der Waals surface area contributed by atoms with Crippen LogP contribution in [0, 0.1) is 6.92 Å². The minimum Gasteiger partial charge on any atom is -0.491 e. The smallest absolute Gasteiger partial charge is 0.255 e. The van der Waals surface area contributed by atoms with Gasteiger partial charge in [-0.25, -0.2) is 0 Å². The summed E-state index contributed by atoms with van der Waals surface area (Å²) in [5.74, 6) is 0.409. The molecule has 5 heteroatoms. The van der Waals surface area contributed by atoms with Crippen molar-refractivity contribution in [1.29, 1.82) is 0 Å². The third-order valence-electron chi connectivity index (χ3n) is 3.40. The van der Waals surface area contributed by atoms with Crippen molar-refractivity contribution in [3.05, 3.63) is 51.2 Å². The molecule has 1 aliphatic rings. The first-order valence-electron chi connectivity index (χ1n) is 6.42. The van der Waals surface area contributed by atoms with E-state index in [9.17, 15) is 9.90 Å². The fraction of sp³-hybridized carbons (Fsp3) is 0.267. The van der Waals surface area contributed by atoms with E-state index in [4.69, 9.17) is 4.74 Å². The number of rotatable bonds is 2. The Morgan fingerprint density at radius 3 is 3.00 bits per heavy atom. The van der Waals surface area contributed by atoms with Crippen LogP contribution in [0.1, 0.15) is 33.2 Å². The summed E-state index contributed by atoms with van der Waals surface area (Å²) in [7, 11) is 0. The van der Waals surface area contributed by atoms with Gasteiger partial charge in [0.05, 0.1) is 12.1 Å². The summed E-state index contributed by atoms with van der Waals surface area (Å²) in [6, 6.07) is 5.26. The van der Waals surface area contributed by atoms with Crippen molar-refractivity contribution < 1.29 is 14.6 Å². The molecule has 0 radical (unpaired) electrons. The van der Waals surface area contributed by atoms with E-state index in [0.29, 0.717) is 30.0 Å². The maximum absolute atomic E-state index is 12.0. The van der Waals surface area contributed by atoms with E-state index in [1.807, 2.05) is 17.7 Å². The predicted molar refractivity (Wildman–Crippen MR) is 77.4 cm³/mol. The number of carbonyl (C=O) groups excluding carboxylic acids is 1. The molecule has 20 heavy (non-hydrogen) atoms. The van der Waals surface area contributed by atoms with Gasteiger partial charge in [-0.05, 0) is 46.5 Å². The molecule has 0 spiro atoms. The Labute approximate surface area is 121 Å². The maximum atomic E-state index is 12.0. The highest BCUT2D eigenvalue weighted by molar-refractivity contribution is 7.08. The molecular formula is C15H15NO3S. The minimum absolute atomic E-state index is 0.159. The average molecular weight is 289 g/mol. The van der Waals surface area contributed by atoms with Crippen LogP contribution in [0.25, 0.3) is 0 Å². The van der Waals surface area contributed by atoms with E-state index >= 15 is 0 Å². The summed E-state index contributed by atoms with van der Waals surface area (Å²) in [4.78, 5) is 12.0. The van der Waals surface area contributed by atoms with Crippen LogP contribution >= 0.6 is 11.3 Å². The van der Waals surface area contributed by atoms with Gasteiger partial charge in [0.2, 0.25) is 0 Å². The molecule has 1 unspecified atom stereocenters. The fourth-order valence-electron chi connectivity index (χ4n) is 2.27. The van der Waals surface area contributed by atoms with Crippen molar-refractivity contribution in [2.24, 2.45) is 0 Å². The van der Waals surface area contributed by atoms with Crippen LogP contribution in [0.2, 0.25) is 0 Å². The lowest BCUT2D eigenvalue weighted by molar-refractivity contribution is 0.0957. The predicted octanol–water partition coefficient (Wildman–Crippen LogP) is 2.26. The Bertz CT molecular complexity index is 650. The molecule has 0 saturated heterocycles. The number of aliphatic hydroxyl groups is 1. The minimum atomic E-state index is -0.720. The first-order chi connectivity index (χ1) is 9.66. The van der Waals surface area contributed by atoms with E-state index in [1.54, 1.807) is 29.5 Å². The topological polar surface area (TPSA) is 58.6 Å². The lowest BCUT2D eigenvalue weighted by Crippen LogP contribution is -2.24. The molecule has 1 amide bonds. The van der Waals surface area contributed by atoms with Crippen LogP contribution < -0.4 is 10.1 Å². The number of hydrogen-bond donors (Lipinski definition) is 2.